The van der Waals surface area contributed by atoms with Crippen LogP contribution in [0, 0.1) is 5.41 Å². The van der Waals surface area contributed by atoms with Gasteiger partial charge in [-0.2, -0.15) is 0 Å². The lowest BCUT2D eigenvalue weighted by molar-refractivity contribution is 0.0577. The lowest BCUT2D eigenvalue weighted by atomic mass is 9.80. The smallest absolute Gasteiger partial charge is 0.240 e. The first-order chi connectivity index (χ1) is 9.58. The van der Waals surface area contributed by atoms with Gasteiger partial charge in [0.25, 0.3) is 0 Å². The van der Waals surface area contributed by atoms with Gasteiger partial charge in [0.05, 0.1) is 11.5 Å². The van der Waals surface area contributed by atoms with E-state index in [0.717, 1.165) is 25.9 Å². The van der Waals surface area contributed by atoms with Crippen molar-refractivity contribution in [3.05, 3.63) is 30.3 Å². The van der Waals surface area contributed by atoms with Gasteiger partial charge in [-0.1, -0.05) is 18.2 Å². The lowest BCUT2D eigenvalue weighted by Gasteiger charge is -2.37. The normalized spacial score (nSPS) is 18.0. The molecule has 21 heavy (non-hydrogen) atoms. The predicted molar refractivity (Wildman–Crippen MR) is 85.3 cm³/mol. The molecule has 0 aromatic heterocycles. The Hall–Kier alpha value is -0.660. The van der Waals surface area contributed by atoms with E-state index < -0.39 is 10.0 Å². The summed E-state index contributed by atoms with van der Waals surface area (Å²) < 4.78 is 32.5. The zero-order valence-corrected chi connectivity index (χ0v) is 13.8. The molecule has 0 saturated carbocycles. The van der Waals surface area contributed by atoms with Crippen molar-refractivity contribution < 1.29 is 13.2 Å². The summed E-state index contributed by atoms with van der Waals surface area (Å²) in [6.07, 6.45) is 1.83. The maximum Gasteiger partial charge on any atom is 0.240 e. The van der Waals surface area contributed by atoms with E-state index >= 15 is 0 Å². The molecule has 5 nitrogen and oxygen atoms in total. The number of sulfonamides is 1. The summed E-state index contributed by atoms with van der Waals surface area (Å²) in [5.41, 5.74) is -0.109. The van der Waals surface area contributed by atoms with Crippen LogP contribution < -0.4 is 10.0 Å². The van der Waals surface area contributed by atoms with Gasteiger partial charge in [0.1, 0.15) is 0 Å². The second-order valence-corrected chi connectivity index (χ2v) is 7.09. The number of nitrogens with one attached hydrogen (secondary N) is 2. The minimum atomic E-state index is -3.44. The molecule has 0 radical (unpaired) electrons. The third kappa shape index (κ3) is 4.93. The van der Waals surface area contributed by atoms with Crippen molar-refractivity contribution in [3.63, 3.8) is 0 Å². The van der Waals surface area contributed by atoms with Crippen LogP contribution in [0.2, 0.25) is 0 Å². The van der Waals surface area contributed by atoms with Crippen LogP contribution in [-0.4, -0.2) is 41.8 Å². The van der Waals surface area contributed by atoms with Crippen LogP contribution in [0.4, 0.5) is 0 Å². The van der Waals surface area contributed by atoms with E-state index in [-0.39, 0.29) is 17.8 Å². The zero-order valence-electron chi connectivity index (χ0n) is 12.2. The first-order valence-electron chi connectivity index (χ1n) is 6.82. The summed E-state index contributed by atoms with van der Waals surface area (Å²) in [4.78, 5) is 0.307. The van der Waals surface area contributed by atoms with Crippen LogP contribution in [0.15, 0.2) is 35.2 Å². The second-order valence-electron chi connectivity index (χ2n) is 5.32. The lowest BCUT2D eigenvalue weighted by Crippen LogP contribution is -2.47. The van der Waals surface area contributed by atoms with E-state index in [9.17, 15) is 8.42 Å². The number of methoxy groups -OCH3 is 1. The molecule has 2 rings (SSSR count). The van der Waals surface area contributed by atoms with Crippen molar-refractivity contribution in [2.45, 2.75) is 17.7 Å². The Labute approximate surface area is 132 Å². The topological polar surface area (TPSA) is 67.4 Å². The van der Waals surface area contributed by atoms with Crippen molar-refractivity contribution in [3.8, 4) is 0 Å². The quantitative estimate of drug-likeness (QED) is 0.825. The predicted octanol–water partition coefficient (Wildman–Crippen LogP) is 1.40. The number of halogens is 1. The Morgan fingerprint density at radius 2 is 1.86 bits per heavy atom. The Kier molecular flexibility index (Phi) is 7.09. The summed E-state index contributed by atoms with van der Waals surface area (Å²) in [6, 6.07) is 8.47. The van der Waals surface area contributed by atoms with Crippen LogP contribution in [0.1, 0.15) is 12.8 Å². The van der Waals surface area contributed by atoms with Gasteiger partial charge in [-0.3, -0.25) is 0 Å². The van der Waals surface area contributed by atoms with E-state index in [1.54, 1.807) is 37.4 Å². The maximum absolute atomic E-state index is 12.3. The minimum absolute atomic E-state index is 0. The third-order valence-electron chi connectivity index (χ3n) is 3.81. The Morgan fingerprint density at radius 1 is 1.24 bits per heavy atom. The molecular weight excluding hydrogens is 312 g/mol. The van der Waals surface area contributed by atoms with Gasteiger partial charge in [-0.15, -0.1) is 12.4 Å². The number of piperidine rings is 1. The van der Waals surface area contributed by atoms with Gasteiger partial charge in [0.2, 0.25) is 10.0 Å². The monoisotopic (exact) mass is 334 g/mol. The highest BCUT2D eigenvalue weighted by molar-refractivity contribution is 7.89. The molecule has 120 valence electrons. The summed E-state index contributed by atoms with van der Waals surface area (Å²) in [5, 5.41) is 3.29. The van der Waals surface area contributed by atoms with Crippen molar-refractivity contribution in [2.75, 3.05) is 33.4 Å². The Morgan fingerprint density at radius 3 is 2.43 bits per heavy atom. The average molecular weight is 335 g/mol. The van der Waals surface area contributed by atoms with Gasteiger partial charge in [-0.25, -0.2) is 13.1 Å². The van der Waals surface area contributed by atoms with Crippen LogP contribution in [-0.2, 0) is 14.8 Å². The van der Waals surface area contributed by atoms with E-state index in [4.69, 9.17) is 4.74 Å². The molecule has 0 bridgehead atoms. The third-order valence-corrected chi connectivity index (χ3v) is 5.22. The van der Waals surface area contributed by atoms with Gasteiger partial charge in [0.15, 0.2) is 0 Å². The molecule has 1 aliphatic rings. The van der Waals surface area contributed by atoms with E-state index in [1.165, 1.54) is 0 Å². The minimum Gasteiger partial charge on any atom is -0.384 e. The van der Waals surface area contributed by atoms with Gasteiger partial charge in [0, 0.05) is 19.1 Å². The van der Waals surface area contributed by atoms with Crippen molar-refractivity contribution in [2.24, 2.45) is 5.41 Å². The first kappa shape index (κ1) is 18.4. The van der Waals surface area contributed by atoms with Crippen molar-refractivity contribution in [1.29, 1.82) is 0 Å². The van der Waals surface area contributed by atoms with E-state index in [0.29, 0.717) is 18.0 Å². The maximum atomic E-state index is 12.3. The fraction of sp³-hybridized carbons (Fsp3) is 0.571. The van der Waals surface area contributed by atoms with Crippen molar-refractivity contribution in [1.82, 2.24) is 10.0 Å². The molecular formula is C14H23ClN2O3S. The van der Waals surface area contributed by atoms with Crippen LogP contribution in [0.25, 0.3) is 0 Å². The highest BCUT2D eigenvalue weighted by atomic mass is 35.5. The van der Waals surface area contributed by atoms with Gasteiger partial charge < -0.3 is 10.1 Å². The summed E-state index contributed by atoms with van der Waals surface area (Å²) in [5.74, 6) is 0. The summed E-state index contributed by atoms with van der Waals surface area (Å²) in [7, 11) is -1.78. The molecule has 2 N–H and O–H groups in total. The average Bonchev–Trinajstić information content (AvgIpc) is 2.48. The van der Waals surface area contributed by atoms with Gasteiger partial charge in [-0.05, 0) is 38.1 Å². The van der Waals surface area contributed by atoms with Crippen molar-refractivity contribution >= 4 is 22.4 Å². The molecule has 1 aromatic rings. The molecule has 1 aromatic carbocycles. The van der Waals surface area contributed by atoms with Crippen LogP contribution >= 0.6 is 12.4 Å². The molecule has 1 heterocycles. The highest BCUT2D eigenvalue weighted by Crippen LogP contribution is 2.28. The largest absolute Gasteiger partial charge is 0.384 e. The molecule has 1 saturated heterocycles. The fourth-order valence-electron chi connectivity index (χ4n) is 2.57. The number of ether oxygens (including phenoxy) is 1. The standard InChI is InChI=1S/C14H22N2O3S.ClH/c1-19-12-14(7-9-15-10-8-14)11-16-20(17,18)13-5-3-2-4-6-13;/h2-6,15-16H,7-12H2,1H3;1H. The molecule has 0 unspecified atom stereocenters. The number of rotatable bonds is 6. The summed E-state index contributed by atoms with van der Waals surface area (Å²) in [6.45, 7) is 2.79. The van der Waals surface area contributed by atoms with Crippen LogP contribution in [0.3, 0.4) is 0 Å². The Balaban J connectivity index is 0.00000220. The zero-order chi connectivity index (χ0) is 14.5. The molecule has 1 fully saturated rings. The molecule has 0 amide bonds. The number of hydrogen-bond donors (Lipinski definition) is 2. The number of benzene rings is 1. The summed E-state index contributed by atoms with van der Waals surface area (Å²) >= 11 is 0. The van der Waals surface area contributed by atoms with E-state index in [2.05, 4.69) is 10.0 Å². The first-order valence-corrected chi connectivity index (χ1v) is 8.31. The molecule has 0 aliphatic carbocycles. The molecule has 0 atom stereocenters. The van der Waals surface area contributed by atoms with Crippen LogP contribution in [0.5, 0.6) is 0 Å². The number of hydrogen-bond acceptors (Lipinski definition) is 4. The Bertz CT molecular complexity index is 511. The van der Waals surface area contributed by atoms with Gasteiger partial charge >= 0.3 is 0 Å². The molecule has 1 aliphatic heterocycles. The fourth-order valence-corrected chi connectivity index (χ4v) is 3.74. The SMILES string of the molecule is COCC1(CNS(=O)(=O)c2ccccc2)CCNCC1.Cl. The molecule has 7 heteroatoms. The second kappa shape index (κ2) is 8.10. The molecule has 0 spiro atoms. The highest BCUT2D eigenvalue weighted by Gasteiger charge is 2.33. The van der Waals surface area contributed by atoms with E-state index in [1.807, 2.05) is 0 Å².